The number of fused-ring (bicyclic) bond motifs is 1. The maximum atomic E-state index is 5.46. The predicted octanol–water partition coefficient (Wildman–Crippen LogP) is 3.04. The zero-order valence-electron chi connectivity index (χ0n) is 9.23. The molecule has 17 heavy (non-hydrogen) atoms. The van der Waals surface area contributed by atoms with Crippen molar-refractivity contribution in [2.24, 2.45) is 0 Å². The van der Waals surface area contributed by atoms with Crippen molar-refractivity contribution in [3.63, 3.8) is 0 Å². The van der Waals surface area contributed by atoms with Gasteiger partial charge in [0.25, 0.3) is 0 Å². The lowest BCUT2D eigenvalue weighted by molar-refractivity contribution is 0.180. The van der Waals surface area contributed by atoms with E-state index in [1.54, 1.807) is 0 Å². The van der Waals surface area contributed by atoms with Gasteiger partial charge >= 0.3 is 0 Å². The standard InChI is InChI=1S/C13H13N3O/c1-2-4-10(5-3-1)9-17-16-12-8-15-13-11(12)6-7-14-13/h1-8,14-16H,9H2. The van der Waals surface area contributed by atoms with Gasteiger partial charge in [0.1, 0.15) is 5.65 Å². The van der Waals surface area contributed by atoms with E-state index in [0.29, 0.717) is 6.61 Å². The fourth-order valence-electron chi connectivity index (χ4n) is 1.79. The molecule has 0 aliphatic heterocycles. The summed E-state index contributed by atoms with van der Waals surface area (Å²) in [4.78, 5) is 11.7. The molecule has 0 radical (unpaired) electrons. The quantitative estimate of drug-likeness (QED) is 0.600. The molecule has 86 valence electrons. The third kappa shape index (κ3) is 2.03. The summed E-state index contributed by atoms with van der Waals surface area (Å²) in [6.45, 7) is 0.540. The molecule has 0 saturated carbocycles. The van der Waals surface area contributed by atoms with Crippen LogP contribution in [0.1, 0.15) is 5.56 Å². The van der Waals surface area contributed by atoms with E-state index in [1.165, 1.54) is 0 Å². The van der Waals surface area contributed by atoms with Crippen LogP contribution in [0.5, 0.6) is 0 Å². The summed E-state index contributed by atoms with van der Waals surface area (Å²) >= 11 is 0. The molecule has 1 aromatic carbocycles. The molecule has 0 aliphatic rings. The Kier molecular flexibility index (Phi) is 2.55. The average Bonchev–Trinajstić information content (AvgIpc) is 2.95. The molecule has 0 aliphatic carbocycles. The predicted molar refractivity (Wildman–Crippen MR) is 67.5 cm³/mol. The number of hydrogen-bond acceptors (Lipinski definition) is 2. The van der Waals surface area contributed by atoms with E-state index in [9.17, 15) is 0 Å². The van der Waals surface area contributed by atoms with Gasteiger partial charge in [0.15, 0.2) is 0 Å². The molecule has 2 aromatic heterocycles. The molecule has 3 rings (SSSR count). The highest BCUT2D eigenvalue weighted by atomic mass is 16.6. The fourth-order valence-corrected chi connectivity index (χ4v) is 1.79. The Morgan fingerprint density at radius 1 is 1.06 bits per heavy atom. The number of H-pyrrole nitrogens is 2. The van der Waals surface area contributed by atoms with Crippen LogP contribution in [0, 0.1) is 0 Å². The van der Waals surface area contributed by atoms with Crippen LogP contribution >= 0.6 is 0 Å². The first-order valence-corrected chi connectivity index (χ1v) is 5.50. The lowest BCUT2D eigenvalue weighted by atomic mass is 10.2. The van der Waals surface area contributed by atoms with E-state index >= 15 is 0 Å². The molecular weight excluding hydrogens is 214 g/mol. The highest BCUT2D eigenvalue weighted by Gasteiger charge is 2.03. The number of rotatable bonds is 4. The molecule has 3 aromatic rings. The molecule has 0 spiro atoms. The van der Waals surface area contributed by atoms with Gasteiger partial charge in [0, 0.05) is 17.8 Å². The molecule has 0 amide bonds. The number of aromatic nitrogens is 2. The Morgan fingerprint density at radius 2 is 1.94 bits per heavy atom. The Hall–Kier alpha value is -2.20. The van der Waals surface area contributed by atoms with E-state index in [0.717, 1.165) is 22.3 Å². The second-order valence-corrected chi connectivity index (χ2v) is 3.85. The van der Waals surface area contributed by atoms with Gasteiger partial charge < -0.3 is 9.97 Å². The molecular formula is C13H13N3O. The van der Waals surface area contributed by atoms with Crippen LogP contribution in [0.15, 0.2) is 48.8 Å². The van der Waals surface area contributed by atoms with Gasteiger partial charge in [-0.25, -0.2) is 0 Å². The monoisotopic (exact) mass is 227 g/mol. The minimum Gasteiger partial charge on any atom is -0.348 e. The van der Waals surface area contributed by atoms with Gasteiger partial charge in [0.2, 0.25) is 0 Å². The lowest BCUT2D eigenvalue weighted by Crippen LogP contribution is -2.00. The summed E-state index contributed by atoms with van der Waals surface area (Å²) in [5.41, 5.74) is 6.03. The first-order chi connectivity index (χ1) is 8.43. The number of nitrogens with one attached hydrogen (secondary N) is 3. The normalized spacial score (nSPS) is 10.8. The molecule has 2 heterocycles. The summed E-state index contributed by atoms with van der Waals surface area (Å²) in [6.07, 6.45) is 3.77. The van der Waals surface area contributed by atoms with Crippen molar-refractivity contribution in [1.29, 1.82) is 0 Å². The van der Waals surface area contributed by atoms with Crippen molar-refractivity contribution in [2.75, 3.05) is 5.48 Å². The first-order valence-electron chi connectivity index (χ1n) is 5.50. The molecule has 0 unspecified atom stereocenters. The average molecular weight is 227 g/mol. The maximum absolute atomic E-state index is 5.46. The molecule has 4 heteroatoms. The molecule has 0 saturated heterocycles. The smallest absolute Gasteiger partial charge is 0.116 e. The molecule has 3 N–H and O–H groups in total. The SMILES string of the molecule is c1ccc(CONc2c[nH]c3[nH]ccc23)cc1. The van der Waals surface area contributed by atoms with Gasteiger partial charge in [-0.05, 0) is 11.6 Å². The van der Waals surface area contributed by atoms with Crippen LogP contribution in [-0.4, -0.2) is 9.97 Å². The number of benzene rings is 1. The largest absolute Gasteiger partial charge is 0.348 e. The van der Waals surface area contributed by atoms with Gasteiger partial charge in [-0.3, -0.25) is 10.3 Å². The number of aromatic amines is 2. The zero-order valence-corrected chi connectivity index (χ0v) is 9.23. The Bertz CT molecular complexity index is 597. The molecule has 0 atom stereocenters. The van der Waals surface area contributed by atoms with Crippen LogP contribution in [-0.2, 0) is 11.4 Å². The Balaban J connectivity index is 1.64. The second-order valence-electron chi connectivity index (χ2n) is 3.85. The minimum atomic E-state index is 0.540. The van der Waals surface area contributed by atoms with Crippen molar-refractivity contribution in [3.8, 4) is 0 Å². The second kappa shape index (κ2) is 4.35. The van der Waals surface area contributed by atoms with Crippen molar-refractivity contribution < 1.29 is 4.84 Å². The fraction of sp³-hybridized carbons (Fsp3) is 0.0769. The maximum Gasteiger partial charge on any atom is 0.116 e. The van der Waals surface area contributed by atoms with E-state index in [-0.39, 0.29) is 0 Å². The van der Waals surface area contributed by atoms with Gasteiger partial charge in [-0.15, -0.1) is 0 Å². The van der Waals surface area contributed by atoms with Gasteiger partial charge in [0.05, 0.1) is 12.3 Å². The van der Waals surface area contributed by atoms with Crippen molar-refractivity contribution >= 4 is 16.7 Å². The highest BCUT2D eigenvalue weighted by molar-refractivity contribution is 5.89. The topological polar surface area (TPSA) is 52.8 Å². The van der Waals surface area contributed by atoms with E-state index in [1.807, 2.05) is 48.8 Å². The first kappa shape index (κ1) is 9.99. The molecule has 0 bridgehead atoms. The lowest BCUT2D eigenvalue weighted by Gasteiger charge is -2.05. The van der Waals surface area contributed by atoms with Crippen LogP contribution in [0.4, 0.5) is 5.69 Å². The Morgan fingerprint density at radius 3 is 2.82 bits per heavy atom. The summed E-state index contributed by atoms with van der Waals surface area (Å²) < 4.78 is 0. The van der Waals surface area contributed by atoms with Crippen LogP contribution in [0.25, 0.3) is 11.0 Å². The molecule has 4 nitrogen and oxygen atoms in total. The van der Waals surface area contributed by atoms with E-state index in [4.69, 9.17) is 4.84 Å². The van der Waals surface area contributed by atoms with Crippen molar-refractivity contribution in [2.45, 2.75) is 6.61 Å². The third-order valence-electron chi connectivity index (χ3n) is 2.66. The number of anilines is 1. The van der Waals surface area contributed by atoms with Crippen LogP contribution in [0.2, 0.25) is 0 Å². The summed E-state index contributed by atoms with van der Waals surface area (Å²) in [7, 11) is 0. The van der Waals surface area contributed by atoms with E-state index < -0.39 is 0 Å². The summed E-state index contributed by atoms with van der Waals surface area (Å²) in [5, 5.41) is 1.10. The van der Waals surface area contributed by atoms with Crippen LogP contribution in [0.3, 0.4) is 0 Å². The van der Waals surface area contributed by atoms with Crippen LogP contribution < -0.4 is 5.48 Å². The van der Waals surface area contributed by atoms with E-state index in [2.05, 4.69) is 15.4 Å². The third-order valence-corrected chi connectivity index (χ3v) is 2.66. The van der Waals surface area contributed by atoms with Crippen molar-refractivity contribution in [3.05, 3.63) is 54.4 Å². The minimum absolute atomic E-state index is 0.540. The van der Waals surface area contributed by atoms with Gasteiger partial charge in [-0.1, -0.05) is 30.3 Å². The molecule has 0 fully saturated rings. The zero-order chi connectivity index (χ0) is 11.5. The van der Waals surface area contributed by atoms with Crippen molar-refractivity contribution in [1.82, 2.24) is 9.97 Å². The highest BCUT2D eigenvalue weighted by Crippen LogP contribution is 2.21. The van der Waals surface area contributed by atoms with Gasteiger partial charge in [-0.2, -0.15) is 0 Å². The summed E-state index contributed by atoms with van der Waals surface area (Å²) in [5.74, 6) is 0. The number of hydrogen-bond donors (Lipinski definition) is 3. The summed E-state index contributed by atoms with van der Waals surface area (Å²) in [6, 6.07) is 12.1. The Labute approximate surface area is 98.6 Å².